The van der Waals surface area contributed by atoms with Crippen molar-refractivity contribution in [3.63, 3.8) is 0 Å². The molecule has 9 rings (SSSR count). The lowest BCUT2D eigenvalue weighted by atomic mass is 9.84. The van der Waals surface area contributed by atoms with Gasteiger partial charge in [0, 0.05) is 49.3 Å². The van der Waals surface area contributed by atoms with Crippen molar-refractivity contribution in [2.24, 2.45) is 26.2 Å². The second kappa shape index (κ2) is 36.8. The highest BCUT2D eigenvalue weighted by Crippen LogP contribution is 2.32. The third-order valence-corrected chi connectivity index (χ3v) is 15.7. The fourth-order valence-electron chi connectivity index (χ4n) is 7.63. The van der Waals surface area contributed by atoms with Crippen molar-refractivity contribution in [1.82, 2.24) is 29.0 Å². The van der Waals surface area contributed by atoms with E-state index in [0.717, 1.165) is 65.2 Å². The van der Waals surface area contributed by atoms with Gasteiger partial charge in [0.1, 0.15) is 46.9 Å². The van der Waals surface area contributed by atoms with Crippen molar-refractivity contribution in [1.29, 1.82) is 0 Å². The lowest BCUT2D eigenvalue weighted by Crippen LogP contribution is -2.14. The molecular weight excluding hydrogens is 1240 g/mol. The van der Waals surface area contributed by atoms with Crippen molar-refractivity contribution in [3.8, 4) is 98.9 Å². The van der Waals surface area contributed by atoms with Gasteiger partial charge in [0.15, 0.2) is 30.5 Å². The Bertz CT molecular complexity index is 3840. The summed E-state index contributed by atoms with van der Waals surface area (Å²) in [5.41, 5.74) is 12.2. The normalized spacial score (nSPS) is 13.3. The number of hydrogen-bond acceptors (Lipinski definition) is 14. The van der Waals surface area contributed by atoms with Gasteiger partial charge in [-0.2, -0.15) is 8.75 Å². The summed E-state index contributed by atoms with van der Waals surface area (Å²) < 4.78 is 30.0. The number of oxazole rings is 2. The van der Waals surface area contributed by atoms with Crippen molar-refractivity contribution in [3.05, 3.63) is 139 Å². The molecule has 514 valence electrons. The van der Waals surface area contributed by atoms with Gasteiger partial charge in [0.05, 0.1) is 25.0 Å². The fraction of sp³-hybridized carbons (Fsp3) is 0.476. The maximum Gasteiger partial charge on any atom is 0.273 e. The minimum atomic E-state index is -0.0118. The van der Waals surface area contributed by atoms with E-state index >= 15 is 0 Å². The second-order valence-corrected chi connectivity index (χ2v) is 33.2. The number of aromatic nitrogens is 6. The molecule has 6 aromatic rings. The molecule has 0 amide bonds. The molecule has 3 aliphatic heterocycles. The number of rotatable bonds is 0. The molecule has 13 nitrogen and oxygen atoms in total. The second-order valence-electron chi connectivity index (χ2n) is 31.7. The van der Waals surface area contributed by atoms with E-state index < -0.39 is 0 Å². The Labute approximate surface area is 592 Å². The first-order valence-corrected chi connectivity index (χ1v) is 33.3. The summed E-state index contributed by atoms with van der Waals surface area (Å²) in [5.74, 6) is 19.6. The molecule has 97 heavy (non-hydrogen) atoms. The number of terminal acetylenes is 8. The number of hydrogen-bond donors (Lipinski definition) is 0. The van der Waals surface area contributed by atoms with Crippen molar-refractivity contribution in [2.75, 3.05) is 19.6 Å². The van der Waals surface area contributed by atoms with Crippen LogP contribution in [-0.4, -0.2) is 70.9 Å². The van der Waals surface area contributed by atoms with Crippen LogP contribution in [0.2, 0.25) is 0 Å². The average molecular weight is 1350 g/mol. The average Bonchev–Trinajstić information content (AvgIpc) is 1.74. The largest absolute Gasteiger partial charge is 0.448 e. The molecule has 3 aliphatic rings. The summed E-state index contributed by atoms with van der Waals surface area (Å²) >= 11 is 2.91. The maximum atomic E-state index is 5.30. The van der Waals surface area contributed by atoms with E-state index in [1.165, 1.54) is 56.6 Å². The monoisotopic (exact) mass is 1340 g/mol. The van der Waals surface area contributed by atoms with E-state index in [4.69, 9.17) is 69.3 Å². The van der Waals surface area contributed by atoms with Gasteiger partial charge < -0.3 is 17.9 Å². The summed E-state index contributed by atoms with van der Waals surface area (Å²) in [6.07, 6.45) is 56.5. The summed E-state index contributed by atoms with van der Waals surface area (Å²) in [4.78, 5) is 17.5. The first-order chi connectivity index (χ1) is 44.5. The SMILES string of the molecule is C#CC1=NCC(C(C)(C)C)=C1.C#CC1=NCC=C1C(C)(C)C.C#C[N+]1=CC(C(C)(C)C)=CC1.C#Cc1cc(C(C)(C)C)on1.C#Cc1cc(C(C)(C)C)sn1.C#Cc1nc(C(C)(C)C)co1.C#Cc1nocc1C(C)(C)C.C#Cc1nscc1C(C)(C)C.CC(C)(C)c1cnco1. The minimum absolute atomic E-state index is 0.0118. The first-order valence-electron chi connectivity index (χ1n) is 31.7. The van der Waals surface area contributed by atoms with Crippen LogP contribution in [0.3, 0.4) is 0 Å². The zero-order valence-corrected chi connectivity index (χ0v) is 64.7. The topological polar surface area (TPSA) is 158 Å². The Morgan fingerprint density at radius 3 is 1.41 bits per heavy atom. The molecule has 0 atom stereocenters. The Morgan fingerprint density at radius 1 is 0.515 bits per heavy atom. The van der Waals surface area contributed by atoms with Crippen LogP contribution in [0.15, 0.2) is 105 Å². The summed E-state index contributed by atoms with van der Waals surface area (Å²) in [5, 5.41) is 9.40. The molecule has 0 spiro atoms. The molecule has 0 saturated heterocycles. The lowest BCUT2D eigenvalue weighted by Gasteiger charge is -2.19. The predicted molar refractivity (Wildman–Crippen MR) is 407 cm³/mol. The number of allylic oxidation sites excluding steroid dienone is 3. The molecule has 0 fully saturated rings. The predicted octanol–water partition coefficient (Wildman–Crippen LogP) is 18.4. The van der Waals surface area contributed by atoms with Crippen molar-refractivity contribution < 1.29 is 22.5 Å². The molecular formula is C82H106N9O4S2+. The Kier molecular flexibility index (Phi) is 32.6. The van der Waals surface area contributed by atoms with Crippen LogP contribution in [0.4, 0.5) is 0 Å². The molecule has 0 unspecified atom stereocenters. The summed E-state index contributed by atoms with van der Waals surface area (Å²) in [7, 11) is 0. The maximum absolute atomic E-state index is 5.30. The molecule has 0 bridgehead atoms. The Morgan fingerprint density at radius 2 is 1.11 bits per heavy atom. The third kappa shape index (κ3) is 30.6. The molecule has 0 aromatic carbocycles. The van der Waals surface area contributed by atoms with Gasteiger partial charge in [-0.15, -0.1) is 49.5 Å². The zero-order valence-electron chi connectivity index (χ0n) is 63.1. The van der Waals surface area contributed by atoms with E-state index in [9.17, 15) is 0 Å². The standard InChI is InChI=1S/C10H13N.C10H14N.C10H13N.3C9H11NO.2C9H11NS.C7H11NO/c1-5-9-6-8(7-11-9)10(2,3)4;1-5-11-7-6-9(8-11)10(2,3)4;1-5-9-8(6-7-11-9)10(2,3)4;1-5-8-10-7(6-11-8)9(2,3)4;1-5-8-7(6-11-10-8)9(2,3)4;1-5-7-6-8(11-10-7)9(2,3)4;1-5-8-7(6-11-10-8)9(2,3)4;1-5-7-6-8(11-10-7)9(2,3)4;1-7(2,3)6-4-8-5-9-6/h1,6H,7H2,2-4H3;1,6,8H,7H2,2-4H3;1,6H,7H2,2-4H3;5*1,6H,2-4H3;4-5H,1-3H3/q;+1;;;;;;;. The van der Waals surface area contributed by atoms with Gasteiger partial charge in [-0.25, -0.2) is 9.97 Å². The highest BCUT2D eigenvalue weighted by molar-refractivity contribution is 7.06. The van der Waals surface area contributed by atoms with Crippen LogP contribution >= 0.6 is 23.1 Å². The molecule has 9 heterocycles. The van der Waals surface area contributed by atoms with Gasteiger partial charge in [-0.05, 0) is 121 Å². The van der Waals surface area contributed by atoms with Crippen LogP contribution < -0.4 is 0 Å². The van der Waals surface area contributed by atoms with Gasteiger partial charge in [0.25, 0.3) is 5.89 Å². The summed E-state index contributed by atoms with van der Waals surface area (Å²) in [6, 6.07) is 6.36. The molecule has 0 radical (unpaired) electrons. The Balaban J connectivity index is 0.000000546. The smallest absolute Gasteiger partial charge is 0.273 e. The van der Waals surface area contributed by atoms with E-state index in [1.54, 1.807) is 24.8 Å². The zero-order chi connectivity index (χ0) is 74.8. The van der Waals surface area contributed by atoms with Crippen molar-refractivity contribution in [2.45, 2.75) is 219 Å². The highest BCUT2D eigenvalue weighted by Gasteiger charge is 2.26. The van der Waals surface area contributed by atoms with E-state index in [1.807, 2.05) is 49.1 Å². The number of aliphatic imine (C=N–C) groups is 2. The van der Waals surface area contributed by atoms with E-state index in [2.05, 4.69) is 265 Å². The van der Waals surface area contributed by atoms with Gasteiger partial charge >= 0.3 is 0 Å². The lowest BCUT2D eigenvalue weighted by molar-refractivity contribution is -0.413. The van der Waals surface area contributed by atoms with Gasteiger partial charge in [-0.1, -0.05) is 215 Å². The fourth-order valence-corrected chi connectivity index (χ4v) is 9.25. The van der Waals surface area contributed by atoms with Crippen LogP contribution in [0.25, 0.3) is 0 Å². The quantitative estimate of drug-likeness (QED) is 0.106. The number of nitrogens with zero attached hydrogens (tertiary/aromatic N) is 9. The van der Waals surface area contributed by atoms with Crippen molar-refractivity contribution >= 4 is 40.7 Å². The molecule has 0 N–H and O–H groups in total. The van der Waals surface area contributed by atoms with E-state index in [-0.39, 0.29) is 48.7 Å². The van der Waals surface area contributed by atoms with Gasteiger partial charge in [0.2, 0.25) is 6.04 Å². The molecule has 0 aliphatic carbocycles. The summed E-state index contributed by atoms with van der Waals surface area (Å²) in [6.45, 7) is 59.6. The van der Waals surface area contributed by atoms with Crippen LogP contribution in [0.5, 0.6) is 0 Å². The van der Waals surface area contributed by atoms with Crippen LogP contribution in [0.1, 0.15) is 249 Å². The molecule has 0 saturated carbocycles. The minimum Gasteiger partial charge on any atom is -0.448 e. The highest BCUT2D eigenvalue weighted by atomic mass is 32.1. The third-order valence-electron chi connectivity index (χ3n) is 13.8. The van der Waals surface area contributed by atoms with Crippen LogP contribution in [-0.2, 0) is 32.5 Å². The molecule has 6 aromatic heterocycles. The Hall–Kier alpha value is -9.19. The first kappa shape index (κ1) is 85.8. The van der Waals surface area contributed by atoms with Gasteiger partial charge in [-0.3, -0.25) is 9.98 Å². The molecule has 15 heteroatoms. The van der Waals surface area contributed by atoms with Crippen LogP contribution in [0, 0.1) is 115 Å². The van der Waals surface area contributed by atoms with E-state index in [0.29, 0.717) is 17.3 Å².